The number of aliphatic imine (C=N–C) groups is 2. The third kappa shape index (κ3) is 9.25. The molecule has 0 aromatic heterocycles. The lowest BCUT2D eigenvalue weighted by Crippen LogP contribution is -1.95. The quantitative estimate of drug-likeness (QED) is 0.445. The van der Waals surface area contributed by atoms with Gasteiger partial charge in [0.15, 0.2) is 0 Å². The lowest BCUT2D eigenvalue weighted by molar-refractivity contribution is 0.666. The Morgan fingerprint density at radius 1 is 1.23 bits per heavy atom. The molecule has 0 saturated heterocycles. The van der Waals surface area contributed by atoms with E-state index in [9.17, 15) is 0 Å². The maximum absolute atomic E-state index is 4.18. The van der Waals surface area contributed by atoms with Gasteiger partial charge in [-0.2, -0.15) is 0 Å². The Labute approximate surface area is 82.2 Å². The van der Waals surface area contributed by atoms with Gasteiger partial charge in [-0.1, -0.05) is 34.1 Å². The molecule has 0 radical (unpaired) electrons. The van der Waals surface area contributed by atoms with Crippen molar-refractivity contribution in [1.82, 2.24) is 0 Å². The van der Waals surface area contributed by atoms with E-state index in [1.165, 1.54) is 12.8 Å². The average Bonchev–Trinajstić information content (AvgIpc) is 2.03. The van der Waals surface area contributed by atoms with Gasteiger partial charge < -0.3 is 0 Å². The lowest BCUT2D eigenvalue weighted by Gasteiger charge is -1.99. The molecule has 0 rings (SSSR count). The largest absolute Gasteiger partial charge is 0.273 e. The molecule has 0 heterocycles. The Balaban J connectivity index is 3.55. The van der Waals surface area contributed by atoms with E-state index in [4.69, 9.17) is 0 Å². The standard InChI is InChI=1S/C11H22N2/c1-5-6-11(4)8-13-9-12-7-10(2)3/h8-11H,5-7H2,1-4H3/b12-9-,13-8-. The molecular formula is C11H22N2. The van der Waals surface area contributed by atoms with Crippen LogP contribution in [0.3, 0.4) is 0 Å². The molecule has 0 aliphatic heterocycles. The first-order valence-electron chi connectivity index (χ1n) is 5.18. The van der Waals surface area contributed by atoms with E-state index in [-0.39, 0.29) is 0 Å². The molecule has 1 unspecified atom stereocenters. The second-order valence-corrected chi connectivity index (χ2v) is 3.94. The number of hydrogen-bond donors (Lipinski definition) is 0. The summed E-state index contributed by atoms with van der Waals surface area (Å²) in [6.07, 6.45) is 6.08. The van der Waals surface area contributed by atoms with Crippen LogP contribution in [0.25, 0.3) is 0 Å². The van der Waals surface area contributed by atoms with Gasteiger partial charge in [-0.3, -0.25) is 4.99 Å². The Bertz CT molecular complexity index is 159. The van der Waals surface area contributed by atoms with Crippen molar-refractivity contribution in [3.63, 3.8) is 0 Å². The van der Waals surface area contributed by atoms with Crippen molar-refractivity contribution < 1.29 is 0 Å². The van der Waals surface area contributed by atoms with Crippen molar-refractivity contribution in [1.29, 1.82) is 0 Å². The van der Waals surface area contributed by atoms with Crippen LogP contribution in [0.2, 0.25) is 0 Å². The van der Waals surface area contributed by atoms with Crippen LogP contribution in [0.4, 0.5) is 0 Å². The number of hydrogen-bond acceptors (Lipinski definition) is 1. The highest BCUT2D eigenvalue weighted by Gasteiger charge is 1.93. The van der Waals surface area contributed by atoms with Gasteiger partial charge in [0.05, 0.1) is 0 Å². The predicted octanol–water partition coefficient (Wildman–Crippen LogP) is 3.18. The fourth-order valence-corrected chi connectivity index (χ4v) is 1.02. The van der Waals surface area contributed by atoms with Crippen molar-refractivity contribution in [2.24, 2.45) is 21.8 Å². The second-order valence-electron chi connectivity index (χ2n) is 3.94. The average molecular weight is 182 g/mol. The Morgan fingerprint density at radius 3 is 2.46 bits per heavy atom. The van der Waals surface area contributed by atoms with E-state index in [0.29, 0.717) is 11.8 Å². The maximum atomic E-state index is 4.18. The number of rotatable bonds is 6. The third-order valence-electron chi connectivity index (χ3n) is 1.70. The monoisotopic (exact) mass is 182 g/mol. The zero-order valence-electron chi connectivity index (χ0n) is 9.33. The summed E-state index contributed by atoms with van der Waals surface area (Å²) in [4.78, 5) is 8.33. The number of nitrogens with zero attached hydrogens (tertiary/aromatic N) is 2. The van der Waals surface area contributed by atoms with E-state index in [1.807, 2.05) is 6.21 Å². The van der Waals surface area contributed by atoms with Crippen LogP contribution in [0.1, 0.15) is 40.5 Å². The summed E-state index contributed by atoms with van der Waals surface area (Å²) in [7, 11) is 0. The molecule has 0 spiro atoms. The molecule has 0 aliphatic carbocycles. The highest BCUT2D eigenvalue weighted by atomic mass is 14.8. The third-order valence-corrected chi connectivity index (χ3v) is 1.70. The van der Waals surface area contributed by atoms with Crippen LogP contribution in [-0.2, 0) is 0 Å². The molecule has 0 aliphatic rings. The van der Waals surface area contributed by atoms with E-state index in [1.54, 1.807) is 6.34 Å². The Hall–Kier alpha value is -0.660. The first kappa shape index (κ1) is 12.3. The van der Waals surface area contributed by atoms with Gasteiger partial charge in [-0.05, 0) is 18.3 Å². The van der Waals surface area contributed by atoms with Crippen LogP contribution in [0, 0.1) is 11.8 Å². The summed E-state index contributed by atoms with van der Waals surface area (Å²) in [5, 5.41) is 0. The Kier molecular flexibility index (Phi) is 7.56. The smallest absolute Gasteiger partial charge is 0.109 e. The van der Waals surface area contributed by atoms with Crippen molar-refractivity contribution in [3.8, 4) is 0 Å². The van der Waals surface area contributed by atoms with Crippen molar-refractivity contribution in [2.75, 3.05) is 6.54 Å². The van der Waals surface area contributed by atoms with Gasteiger partial charge in [-0.15, -0.1) is 0 Å². The highest BCUT2D eigenvalue weighted by molar-refractivity contribution is 5.73. The van der Waals surface area contributed by atoms with Crippen LogP contribution in [0.15, 0.2) is 9.98 Å². The first-order valence-corrected chi connectivity index (χ1v) is 5.18. The maximum Gasteiger partial charge on any atom is 0.109 e. The molecule has 0 fully saturated rings. The Morgan fingerprint density at radius 2 is 1.92 bits per heavy atom. The zero-order chi connectivity index (χ0) is 10.1. The molecule has 2 nitrogen and oxygen atoms in total. The van der Waals surface area contributed by atoms with Crippen molar-refractivity contribution >= 4 is 12.6 Å². The van der Waals surface area contributed by atoms with Gasteiger partial charge >= 0.3 is 0 Å². The molecule has 13 heavy (non-hydrogen) atoms. The second kappa shape index (κ2) is 7.96. The van der Waals surface area contributed by atoms with Gasteiger partial charge in [0.1, 0.15) is 6.34 Å². The summed E-state index contributed by atoms with van der Waals surface area (Å²) < 4.78 is 0. The van der Waals surface area contributed by atoms with Gasteiger partial charge in [-0.25, -0.2) is 4.99 Å². The summed E-state index contributed by atoms with van der Waals surface area (Å²) >= 11 is 0. The normalized spacial score (nSPS) is 14.8. The lowest BCUT2D eigenvalue weighted by atomic mass is 10.1. The zero-order valence-corrected chi connectivity index (χ0v) is 9.33. The van der Waals surface area contributed by atoms with Crippen LogP contribution in [0.5, 0.6) is 0 Å². The molecular weight excluding hydrogens is 160 g/mol. The van der Waals surface area contributed by atoms with Crippen LogP contribution >= 0.6 is 0 Å². The fourth-order valence-electron chi connectivity index (χ4n) is 1.02. The minimum absolute atomic E-state index is 0.579. The molecule has 1 atom stereocenters. The summed E-state index contributed by atoms with van der Waals surface area (Å²) in [5.74, 6) is 1.20. The molecule has 0 aromatic rings. The van der Waals surface area contributed by atoms with E-state index >= 15 is 0 Å². The molecule has 0 bridgehead atoms. The fraction of sp³-hybridized carbons (Fsp3) is 0.818. The molecule has 2 heteroatoms. The SMILES string of the molecule is CCCC(C)/C=N\C=N/CC(C)C. The first-order chi connectivity index (χ1) is 6.16. The minimum Gasteiger partial charge on any atom is -0.273 e. The van der Waals surface area contributed by atoms with Crippen molar-refractivity contribution in [2.45, 2.75) is 40.5 Å². The van der Waals surface area contributed by atoms with E-state index in [2.05, 4.69) is 37.7 Å². The van der Waals surface area contributed by atoms with E-state index in [0.717, 1.165) is 6.54 Å². The molecule has 0 saturated carbocycles. The molecule has 76 valence electrons. The summed E-state index contributed by atoms with van der Waals surface area (Å²) in [5.41, 5.74) is 0. The van der Waals surface area contributed by atoms with Gasteiger partial charge in [0.2, 0.25) is 0 Å². The van der Waals surface area contributed by atoms with Crippen LogP contribution in [-0.4, -0.2) is 19.1 Å². The van der Waals surface area contributed by atoms with Gasteiger partial charge in [0, 0.05) is 12.8 Å². The predicted molar refractivity (Wildman–Crippen MR) is 60.8 cm³/mol. The molecule has 0 N–H and O–H groups in total. The van der Waals surface area contributed by atoms with Gasteiger partial charge in [0.25, 0.3) is 0 Å². The van der Waals surface area contributed by atoms with Crippen LogP contribution < -0.4 is 0 Å². The van der Waals surface area contributed by atoms with E-state index < -0.39 is 0 Å². The summed E-state index contributed by atoms with van der Waals surface area (Å²) in [6.45, 7) is 9.56. The van der Waals surface area contributed by atoms with Crippen molar-refractivity contribution in [3.05, 3.63) is 0 Å². The highest BCUT2D eigenvalue weighted by Crippen LogP contribution is 2.00. The minimum atomic E-state index is 0.579. The molecule has 0 aromatic carbocycles. The topological polar surface area (TPSA) is 24.7 Å². The molecule has 0 amide bonds. The summed E-state index contributed by atoms with van der Waals surface area (Å²) in [6, 6.07) is 0.